The predicted octanol–water partition coefficient (Wildman–Crippen LogP) is 2.02. The zero-order valence-corrected chi connectivity index (χ0v) is 9.63. The summed E-state index contributed by atoms with van der Waals surface area (Å²) < 4.78 is 8.00. The number of carbonyl (C=O) groups is 1. The summed E-state index contributed by atoms with van der Waals surface area (Å²) in [5.41, 5.74) is 0. The molecule has 0 rings (SSSR count). The maximum atomic E-state index is 8.89. The smallest absolute Gasteiger partial charge is 0.161 e. The van der Waals surface area contributed by atoms with Gasteiger partial charge < -0.3 is 14.6 Å². The van der Waals surface area contributed by atoms with Crippen LogP contribution >= 0.6 is 0 Å². The number of carboxylic acids is 1. The summed E-state index contributed by atoms with van der Waals surface area (Å²) in [5.74, 6) is -1.08. The van der Waals surface area contributed by atoms with Crippen LogP contribution in [0.5, 0.6) is 0 Å². The number of hydrogen-bond acceptors (Lipinski definition) is 3. The monoisotopic (exact) mass is 365 g/mol. The van der Waals surface area contributed by atoms with Crippen molar-refractivity contribution in [2.75, 3.05) is 14.2 Å². The van der Waals surface area contributed by atoms with E-state index in [0.29, 0.717) is 0 Å². The first-order valence-corrected chi connectivity index (χ1v) is 2.18. The fourth-order valence-corrected chi connectivity index (χ4v) is 0. The molecule has 0 aliphatic carbocycles. The molecule has 0 atom stereocenters. The first kappa shape index (κ1) is 38.3. The van der Waals surface area contributed by atoms with Crippen molar-refractivity contribution in [3.05, 3.63) is 21.1 Å². The molecule has 5 heteroatoms. The molecule has 0 heterocycles. The third-order valence-corrected chi connectivity index (χ3v) is 0. The molecule has 0 aromatic rings. The topological polar surface area (TPSA) is 55.8 Å². The SMILES string of the molecule is C.C.[CH2-]C(=O)O.[CH2-]OC.[CH2-]OC.[W]. The molecule has 0 spiro atoms. The zero-order chi connectivity index (χ0) is 8.99. The van der Waals surface area contributed by atoms with E-state index < -0.39 is 5.97 Å². The summed E-state index contributed by atoms with van der Waals surface area (Å²) >= 11 is 0. The van der Waals surface area contributed by atoms with Crippen LogP contribution in [0.3, 0.4) is 0 Å². The second-order valence-corrected chi connectivity index (χ2v) is 0.971. The Bertz CT molecular complexity index is 54.1. The minimum atomic E-state index is -1.08. The maximum Gasteiger partial charge on any atom is 0.161 e. The minimum absolute atomic E-state index is 0. The summed E-state index contributed by atoms with van der Waals surface area (Å²) in [4.78, 5) is 8.89. The van der Waals surface area contributed by atoms with E-state index >= 15 is 0 Å². The van der Waals surface area contributed by atoms with E-state index in [0.717, 1.165) is 0 Å². The number of ether oxygens (including phenoxy) is 2. The van der Waals surface area contributed by atoms with Crippen LogP contribution in [0.25, 0.3) is 0 Å². The quantitative estimate of drug-likeness (QED) is 0.668. The Morgan fingerprint density at radius 2 is 1.15 bits per heavy atom. The van der Waals surface area contributed by atoms with Crippen LogP contribution < -0.4 is 0 Å². The molecule has 13 heavy (non-hydrogen) atoms. The number of rotatable bonds is 0. The fourth-order valence-electron chi connectivity index (χ4n) is 0. The van der Waals surface area contributed by atoms with Gasteiger partial charge in [-0.15, -0.1) is 0 Å². The van der Waals surface area contributed by atoms with Crippen molar-refractivity contribution in [3.8, 4) is 0 Å². The maximum absolute atomic E-state index is 8.89. The van der Waals surface area contributed by atoms with E-state index in [4.69, 9.17) is 9.90 Å². The number of carboxylic acid groups (broad SMARTS) is 1. The molecular formula is C8H21O4W-3. The van der Waals surface area contributed by atoms with Crippen molar-refractivity contribution in [1.82, 2.24) is 0 Å². The molecular weight excluding hydrogens is 344 g/mol. The van der Waals surface area contributed by atoms with Gasteiger partial charge in [0.1, 0.15) is 0 Å². The Morgan fingerprint density at radius 1 is 1.15 bits per heavy atom. The number of aliphatic carboxylic acids is 1. The van der Waals surface area contributed by atoms with E-state index in [1.54, 1.807) is 0 Å². The fraction of sp³-hybridized carbons (Fsp3) is 0.500. The van der Waals surface area contributed by atoms with Gasteiger partial charge in [-0.2, -0.15) is 0 Å². The number of methoxy groups -OCH3 is 2. The summed E-state index contributed by atoms with van der Waals surface area (Å²) in [6, 6.07) is 0. The van der Waals surface area contributed by atoms with E-state index in [1.807, 2.05) is 0 Å². The van der Waals surface area contributed by atoms with Crippen molar-refractivity contribution in [3.63, 3.8) is 0 Å². The first-order valence-electron chi connectivity index (χ1n) is 2.18. The van der Waals surface area contributed by atoms with Crippen LogP contribution in [0.2, 0.25) is 0 Å². The summed E-state index contributed by atoms with van der Waals surface area (Å²) in [5, 5.41) is 7.31. The Balaban J connectivity index is -0.0000000128. The van der Waals surface area contributed by atoms with Crippen LogP contribution in [0.1, 0.15) is 14.9 Å². The minimum Gasteiger partial charge on any atom is -0.557 e. The Kier molecular flexibility index (Phi) is 172. The Hall–Kier alpha value is -0.0517. The molecule has 0 aromatic heterocycles. The van der Waals surface area contributed by atoms with Crippen LogP contribution in [0.15, 0.2) is 0 Å². The molecule has 0 aromatic carbocycles. The average molecular weight is 365 g/mol. The van der Waals surface area contributed by atoms with Crippen molar-refractivity contribution >= 4 is 5.97 Å². The predicted molar refractivity (Wildman–Crippen MR) is 51.2 cm³/mol. The molecule has 1 N–H and O–H groups in total. The van der Waals surface area contributed by atoms with Gasteiger partial charge in [-0.05, 0) is 14.2 Å². The third-order valence-electron chi connectivity index (χ3n) is 0. The Labute approximate surface area is 96.9 Å². The van der Waals surface area contributed by atoms with Crippen molar-refractivity contribution < 1.29 is 40.4 Å². The molecule has 0 saturated carbocycles. The zero-order valence-electron chi connectivity index (χ0n) is 6.70. The van der Waals surface area contributed by atoms with Crippen molar-refractivity contribution in [2.45, 2.75) is 14.9 Å². The molecule has 0 aliphatic heterocycles. The molecule has 0 aliphatic rings. The van der Waals surface area contributed by atoms with Crippen LogP contribution in [-0.2, 0) is 35.3 Å². The molecule has 0 fully saturated rings. The van der Waals surface area contributed by atoms with Gasteiger partial charge >= 0.3 is 0 Å². The molecule has 0 amide bonds. The second kappa shape index (κ2) is 58.5. The van der Waals surface area contributed by atoms with Gasteiger partial charge in [0, 0.05) is 21.1 Å². The molecule has 86 valence electrons. The van der Waals surface area contributed by atoms with Gasteiger partial charge in [0.05, 0.1) is 0 Å². The van der Waals surface area contributed by atoms with Gasteiger partial charge in [0.2, 0.25) is 0 Å². The standard InChI is InChI=1S/C2H3O2.2C2H5O.2CH4.W/c1-2(3)4;2*1-3-2;;;/h1H2,(H,3,4);2*1H2,2H3;2*1H4;/q3*-1;;;. The van der Waals surface area contributed by atoms with Crippen molar-refractivity contribution in [2.24, 2.45) is 0 Å². The van der Waals surface area contributed by atoms with Gasteiger partial charge in [0.15, 0.2) is 5.97 Å². The van der Waals surface area contributed by atoms with Gasteiger partial charge in [-0.25, -0.2) is 14.2 Å². The average Bonchev–Trinajstić information content (AvgIpc) is 1.65. The Morgan fingerprint density at radius 3 is 1.15 bits per heavy atom. The summed E-state index contributed by atoms with van der Waals surface area (Å²) in [6.45, 7) is 2.56. The normalized spacial score (nSPS) is 4.62. The van der Waals surface area contributed by atoms with E-state index in [9.17, 15) is 0 Å². The van der Waals surface area contributed by atoms with Gasteiger partial charge in [-0.1, -0.05) is 14.9 Å². The molecule has 0 radical (unpaired) electrons. The summed E-state index contributed by atoms with van der Waals surface area (Å²) in [7, 11) is 9.00. The summed E-state index contributed by atoms with van der Waals surface area (Å²) in [6.07, 6.45) is 0. The largest absolute Gasteiger partial charge is 0.557 e. The first-order chi connectivity index (χ1) is 4.56. The molecule has 0 unspecified atom stereocenters. The molecule has 0 saturated heterocycles. The van der Waals surface area contributed by atoms with E-state index in [-0.39, 0.29) is 35.9 Å². The van der Waals surface area contributed by atoms with Crippen LogP contribution in [0, 0.1) is 21.1 Å². The van der Waals surface area contributed by atoms with E-state index in [2.05, 4.69) is 30.6 Å². The van der Waals surface area contributed by atoms with Gasteiger partial charge in [-0.3, -0.25) is 11.7 Å². The van der Waals surface area contributed by atoms with Gasteiger partial charge in [0.25, 0.3) is 0 Å². The van der Waals surface area contributed by atoms with Crippen LogP contribution in [-0.4, -0.2) is 25.3 Å². The molecule has 0 bridgehead atoms. The molecule has 4 nitrogen and oxygen atoms in total. The van der Waals surface area contributed by atoms with Crippen molar-refractivity contribution in [1.29, 1.82) is 0 Å². The second-order valence-electron chi connectivity index (χ2n) is 0.971. The van der Waals surface area contributed by atoms with E-state index in [1.165, 1.54) is 14.2 Å². The third kappa shape index (κ3) is 443000. The number of hydrogen-bond donors (Lipinski definition) is 1. The van der Waals surface area contributed by atoms with Crippen LogP contribution in [0.4, 0.5) is 0 Å².